The van der Waals surface area contributed by atoms with Gasteiger partial charge in [0, 0.05) is 35.4 Å². The Balaban J connectivity index is 1.70. The summed E-state index contributed by atoms with van der Waals surface area (Å²) in [6.07, 6.45) is 0.476. The summed E-state index contributed by atoms with van der Waals surface area (Å²) < 4.78 is 4.73. The number of halogens is 1. The van der Waals surface area contributed by atoms with E-state index in [2.05, 4.69) is 4.98 Å². The van der Waals surface area contributed by atoms with Crippen LogP contribution < -0.4 is 0 Å². The topological polar surface area (TPSA) is 76.6 Å². The van der Waals surface area contributed by atoms with E-state index in [-0.39, 0.29) is 24.7 Å². The molecule has 1 amide bonds. The number of fused-ring (bicyclic) bond motifs is 1. The normalized spacial score (nSPS) is 16.1. The molecule has 158 valence electrons. The van der Waals surface area contributed by atoms with E-state index in [4.69, 9.17) is 16.3 Å². The van der Waals surface area contributed by atoms with Crippen LogP contribution in [0.25, 0.3) is 0 Å². The van der Waals surface area contributed by atoms with Gasteiger partial charge in [-0.3, -0.25) is 9.59 Å². The molecule has 3 aromatic rings. The molecule has 2 heterocycles. The average molecular weight is 455 g/mol. The molecule has 0 spiro atoms. The fourth-order valence-corrected chi connectivity index (χ4v) is 4.46. The molecule has 0 saturated carbocycles. The number of amides is 1. The van der Waals surface area contributed by atoms with Gasteiger partial charge in [0.1, 0.15) is 0 Å². The summed E-state index contributed by atoms with van der Waals surface area (Å²) in [6, 6.07) is 11.2. The molecule has 1 atom stereocenters. The lowest BCUT2D eigenvalue weighted by Crippen LogP contribution is -2.44. The molecule has 1 aliphatic heterocycles. The molecule has 0 N–H and O–H groups in total. The second-order valence-corrected chi connectivity index (χ2v) is 8.42. The monoisotopic (exact) mass is 454 g/mol. The molecule has 31 heavy (non-hydrogen) atoms. The van der Waals surface area contributed by atoms with Gasteiger partial charge in [0.25, 0.3) is 5.91 Å². The smallest absolute Gasteiger partial charge is 0.337 e. The number of nitrogens with zero attached hydrogens (tertiary/aromatic N) is 2. The zero-order valence-electron chi connectivity index (χ0n) is 16.7. The molecule has 0 fully saturated rings. The third-order valence-electron chi connectivity index (χ3n) is 5.29. The van der Waals surface area contributed by atoms with Crippen LogP contribution in [0.4, 0.5) is 0 Å². The molecule has 0 unspecified atom stereocenters. The third-order valence-corrected chi connectivity index (χ3v) is 6.16. The van der Waals surface area contributed by atoms with Gasteiger partial charge < -0.3 is 9.64 Å². The molecule has 6 nitrogen and oxygen atoms in total. The standard InChI is InChI=1S/C23H19ClN2O4S/c1-30-23(29)15-4-2-14(3-5-15)11-26-20(10-18-12-31-13-25-18)21(27)9-16-8-17(24)6-7-19(16)22(26)28/h2-8,12-13,20H,9-11H2,1H3/t20-/m0/s1. The molecule has 1 aromatic heterocycles. The average Bonchev–Trinajstić information content (AvgIpc) is 3.26. The van der Waals surface area contributed by atoms with E-state index < -0.39 is 12.0 Å². The molecule has 0 saturated heterocycles. The van der Waals surface area contributed by atoms with Crippen LogP contribution in [-0.2, 0) is 28.9 Å². The van der Waals surface area contributed by atoms with Gasteiger partial charge in [-0.05, 0) is 41.5 Å². The highest BCUT2D eigenvalue weighted by molar-refractivity contribution is 7.07. The zero-order chi connectivity index (χ0) is 22.0. The summed E-state index contributed by atoms with van der Waals surface area (Å²) in [4.78, 5) is 44.3. The molecule has 1 aliphatic rings. The minimum Gasteiger partial charge on any atom is -0.465 e. The fourth-order valence-electron chi connectivity index (χ4n) is 3.70. The Hall–Kier alpha value is -3.03. The van der Waals surface area contributed by atoms with Gasteiger partial charge in [-0.25, -0.2) is 9.78 Å². The number of thiazole rings is 1. The first kappa shape index (κ1) is 21.2. The van der Waals surface area contributed by atoms with E-state index in [0.29, 0.717) is 28.1 Å². The number of ether oxygens (including phenoxy) is 1. The van der Waals surface area contributed by atoms with Crippen LogP contribution in [0.5, 0.6) is 0 Å². The van der Waals surface area contributed by atoms with Crippen LogP contribution in [0.1, 0.15) is 37.5 Å². The number of benzene rings is 2. The summed E-state index contributed by atoms with van der Waals surface area (Å²) in [6.45, 7) is 0.225. The predicted octanol–water partition coefficient (Wildman–Crippen LogP) is 3.96. The van der Waals surface area contributed by atoms with Crippen molar-refractivity contribution >= 4 is 40.6 Å². The number of methoxy groups -OCH3 is 1. The number of Topliss-reactive ketones (excluding diaryl/α,β-unsaturated/α-hetero) is 1. The van der Waals surface area contributed by atoms with E-state index in [0.717, 1.165) is 11.3 Å². The minimum atomic E-state index is -0.652. The highest BCUT2D eigenvalue weighted by atomic mass is 35.5. The fraction of sp³-hybridized carbons (Fsp3) is 0.217. The largest absolute Gasteiger partial charge is 0.465 e. The molecular weight excluding hydrogens is 436 g/mol. The first-order chi connectivity index (χ1) is 15.0. The Bertz CT molecular complexity index is 1130. The number of hydrogen-bond acceptors (Lipinski definition) is 6. The van der Waals surface area contributed by atoms with Crippen molar-refractivity contribution in [1.29, 1.82) is 0 Å². The number of carbonyl (C=O) groups excluding carboxylic acids is 3. The lowest BCUT2D eigenvalue weighted by atomic mass is 9.99. The molecule has 0 aliphatic carbocycles. The summed E-state index contributed by atoms with van der Waals surface area (Å²) in [7, 11) is 1.32. The molecule has 2 aromatic carbocycles. The Morgan fingerprint density at radius 3 is 2.68 bits per heavy atom. The Kier molecular flexibility index (Phi) is 6.15. The highest BCUT2D eigenvalue weighted by Crippen LogP contribution is 2.27. The second kappa shape index (κ2) is 8.99. The van der Waals surface area contributed by atoms with Crippen LogP contribution in [-0.4, -0.2) is 40.7 Å². The predicted molar refractivity (Wildman–Crippen MR) is 117 cm³/mol. The summed E-state index contributed by atoms with van der Waals surface area (Å²) in [5.41, 5.74) is 4.81. The van der Waals surface area contributed by atoms with Crippen molar-refractivity contribution in [2.24, 2.45) is 0 Å². The van der Waals surface area contributed by atoms with Crippen molar-refractivity contribution in [2.75, 3.05) is 7.11 Å². The van der Waals surface area contributed by atoms with E-state index in [1.807, 2.05) is 5.38 Å². The highest BCUT2D eigenvalue weighted by Gasteiger charge is 2.35. The van der Waals surface area contributed by atoms with Crippen molar-refractivity contribution in [3.63, 3.8) is 0 Å². The molecular formula is C23H19ClN2O4S. The SMILES string of the molecule is COC(=O)c1ccc(CN2C(=O)c3ccc(Cl)cc3CC(=O)[C@@H]2Cc2cscn2)cc1. The van der Waals surface area contributed by atoms with Crippen molar-refractivity contribution in [3.8, 4) is 0 Å². The zero-order valence-corrected chi connectivity index (χ0v) is 18.3. The lowest BCUT2D eigenvalue weighted by molar-refractivity contribution is -0.122. The number of hydrogen-bond donors (Lipinski definition) is 0. The van der Waals surface area contributed by atoms with Crippen molar-refractivity contribution < 1.29 is 19.1 Å². The number of carbonyl (C=O) groups is 3. The van der Waals surface area contributed by atoms with E-state index >= 15 is 0 Å². The van der Waals surface area contributed by atoms with Crippen LogP contribution in [0.15, 0.2) is 53.4 Å². The van der Waals surface area contributed by atoms with E-state index in [9.17, 15) is 14.4 Å². The van der Waals surface area contributed by atoms with Crippen LogP contribution in [0, 0.1) is 0 Å². The van der Waals surface area contributed by atoms with Gasteiger partial charge in [-0.2, -0.15) is 0 Å². The molecule has 8 heteroatoms. The number of aromatic nitrogens is 1. The third kappa shape index (κ3) is 4.52. The second-order valence-electron chi connectivity index (χ2n) is 7.27. The van der Waals surface area contributed by atoms with E-state index in [1.54, 1.807) is 52.9 Å². The van der Waals surface area contributed by atoms with Crippen molar-refractivity contribution in [1.82, 2.24) is 9.88 Å². The first-order valence-electron chi connectivity index (χ1n) is 9.62. The summed E-state index contributed by atoms with van der Waals surface area (Å²) in [5, 5.41) is 2.37. The quantitative estimate of drug-likeness (QED) is 0.545. The summed E-state index contributed by atoms with van der Waals surface area (Å²) in [5.74, 6) is -0.719. The van der Waals surface area contributed by atoms with Gasteiger partial charge in [0.2, 0.25) is 0 Å². The number of esters is 1. The van der Waals surface area contributed by atoms with Crippen molar-refractivity contribution in [2.45, 2.75) is 25.4 Å². The van der Waals surface area contributed by atoms with Crippen molar-refractivity contribution in [3.05, 3.63) is 86.3 Å². The first-order valence-corrected chi connectivity index (χ1v) is 10.9. The lowest BCUT2D eigenvalue weighted by Gasteiger charge is -2.29. The Morgan fingerprint density at radius 2 is 2.00 bits per heavy atom. The van der Waals surface area contributed by atoms with Crippen LogP contribution >= 0.6 is 22.9 Å². The minimum absolute atomic E-state index is 0.0615. The van der Waals surface area contributed by atoms with Crippen LogP contribution in [0.3, 0.4) is 0 Å². The number of ketones is 1. The molecule has 0 radical (unpaired) electrons. The maximum Gasteiger partial charge on any atom is 0.337 e. The number of rotatable bonds is 5. The van der Waals surface area contributed by atoms with Gasteiger partial charge >= 0.3 is 5.97 Å². The maximum atomic E-state index is 13.5. The maximum absolute atomic E-state index is 13.5. The van der Waals surface area contributed by atoms with E-state index in [1.165, 1.54) is 18.4 Å². The summed E-state index contributed by atoms with van der Waals surface area (Å²) >= 11 is 7.56. The molecule has 0 bridgehead atoms. The Labute approximate surface area is 188 Å². The van der Waals surface area contributed by atoms with Gasteiger partial charge in [-0.15, -0.1) is 11.3 Å². The van der Waals surface area contributed by atoms with Gasteiger partial charge in [-0.1, -0.05) is 23.7 Å². The Morgan fingerprint density at radius 1 is 1.23 bits per heavy atom. The van der Waals surface area contributed by atoms with Crippen LogP contribution in [0.2, 0.25) is 5.02 Å². The molecule has 4 rings (SSSR count). The van der Waals surface area contributed by atoms with Gasteiger partial charge in [0.05, 0.1) is 29.9 Å². The van der Waals surface area contributed by atoms with Gasteiger partial charge in [0.15, 0.2) is 5.78 Å².